The molecule has 0 aliphatic rings. The standard InChI is InChI=1S/C22H30BrClN2O2/c1-4-26(5-2)12-8-11-25-15-18-13-21(27-3)22(14-19(18)23)28-16-17-9-6-7-10-20(17)24/h6-7,9-10,13-14,25H,4-5,8,11-12,15-16H2,1-3H3. The molecule has 6 heteroatoms. The molecule has 1 N–H and O–H groups in total. The third-order valence-electron chi connectivity index (χ3n) is 4.71. The van der Waals surface area contributed by atoms with Crippen molar-refractivity contribution in [3.05, 3.63) is 57.0 Å². The molecule has 0 saturated heterocycles. The minimum atomic E-state index is 0.394. The molecule has 0 unspecified atom stereocenters. The van der Waals surface area contributed by atoms with Gasteiger partial charge in [-0.2, -0.15) is 0 Å². The summed E-state index contributed by atoms with van der Waals surface area (Å²) in [5.74, 6) is 1.41. The highest BCUT2D eigenvalue weighted by Crippen LogP contribution is 2.34. The summed E-state index contributed by atoms with van der Waals surface area (Å²) in [5, 5.41) is 4.21. The van der Waals surface area contributed by atoms with Gasteiger partial charge in [-0.3, -0.25) is 0 Å². The second-order valence-corrected chi connectivity index (χ2v) is 7.79. The van der Waals surface area contributed by atoms with Crippen molar-refractivity contribution in [2.24, 2.45) is 0 Å². The normalized spacial score (nSPS) is 11.1. The Morgan fingerprint density at radius 3 is 2.50 bits per heavy atom. The fourth-order valence-electron chi connectivity index (χ4n) is 2.95. The quantitative estimate of drug-likeness (QED) is 0.415. The third kappa shape index (κ3) is 6.96. The smallest absolute Gasteiger partial charge is 0.162 e. The molecular weight excluding hydrogens is 440 g/mol. The molecule has 0 bridgehead atoms. The van der Waals surface area contributed by atoms with E-state index in [4.69, 9.17) is 21.1 Å². The first-order chi connectivity index (χ1) is 13.6. The lowest BCUT2D eigenvalue weighted by Crippen LogP contribution is -2.27. The largest absolute Gasteiger partial charge is 0.493 e. The first kappa shape index (κ1) is 23.0. The molecule has 2 aromatic carbocycles. The molecule has 0 aliphatic heterocycles. The van der Waals surface area contributed by atoms with Crippen LogP contribution in [0.4, 0.5) is 0 Å². The fourth-order valence-corrected chi connectivity index (χ4v) is 3.60. The molecule has 2 aromatic rings. The Morgan fingerprint density at radius 1 is 1.07 bits per heavy atom. The summed E-state index contributed by atoms with van der Waals surface area (Å²) in [7, 11) is 1.66. The van der Waals surface area contributed by atoms with Crippen LogP contribution in [0.5, 0.6) is 11.5 Å². The molecule has 2 rings (SSSR count). The SMILES string of the molecule is CCN(CC)CCCNCc1cc(OC)c(OCc2ccccc2Cl)cc1Br. The second kappa shape index (κ2) is 12.3. The Bertz CT molecular complexity index is 738. The summed E-state index contributed by atoms with van der Waals surface area (Å²) in [6.07, 6.45) is 1.13. The van der Waals surface area contributed by atoms with Gasteiger partial charge in [-0.1, -0.05) is 59.6 Å². The molecule has 4 nitrogen and oxygen atoms in total. The van der Waals surface area contributed by atoms with Crippen molar-refractivity contribution in [1.29, 1.82) is 0 Å². The summed E-state index contributed by atoms with van der Waals surface area (Å²) in [6, 6.07) is 11.7. The van der Waals surface area contributed by atoms with Crippen LogP contribution in [0, 0.1) is 0 Å². The number of benzene rings is 2. The number of nitrogens with zero attached hydrogens (tertiary/aromatic N) is 1. The van der Waals surface area contributed by atoms with Crippen molar-refractivity contribution in [2.45, 2.75) is 33.4 Å². The van der Waals surface area contributed by atoms with Crippen LogP contribution >= 0.6 is 27.5 Å². The molecule has 0 aromatic heterocycles. The molecule has 0 heterocycles. The highest BCUT2D eigenvalue weighted by molar-refractivity contribution is 9.10. The number of nitrogens with one attached hydrogen (secondary N) is 1. The van der Waals surface area contributed by atoms with Gasteiger partial charge >= 0.3 is 0 Å². The summed E-state index contributed by atoms with van der Waals surface area (Å²) < 4.78 is 12.5. The van der Waals surface area contributed by atoms with E-state index in [0.717, 1.165) is 60.5 Å². The summed E-state index contributed by atoms with van der Waals surface area (Å²) in [5.41, 5.74) is 2.09. The molecule has 0 spiro atoms. The van der Waals surface area contributed by atoms with E-state index in [2.05, 4.69) is 40.0 Å². The number of rotatable bonds is 12. The number of halogens is 2. The van der Waals surface area contributed by atoms with Gasteiger partial charge in [0.05, 0.1) is 7.11 Å². The molecule has 0 fully saturated rings. The Morgan fingerprint density at radius 2 is 1.82 bits per heavy atom. The van der Waals surface area contributed by atoms with E-state index in [1.807, 2.05) is 36.4 Å². The zero-order valence-electron chi connectivity index (χ0n) is 16.9. The van der Waals surface area contributed by atoms with E-state index < -0.39 is 0 Å². The predicted molar refractivity (Wildman–Crippen MR) is 121 cm³/mol. The molecular formula is C22H30BrClN2O2. The summed E-state index contributed by atoms with van der Waals surface area (Å²) >= 11 is 9.87. The second-order valence-electron chi connectivity index (χ2n) is 6.53. The fraction of sp³-hybridized carbons (Fsp3) is 0.455. The van der Waals surface area contributed by atoms with Gasteiger partial charge in [-0.15, -0.1) is 0 Å². The van der Waals surface area contributed by atoms with Crippen molar-refractivity contribution in [1.82, 2.24) is 10.2 Å². The average molecular weight is 470 g/mol. The topological polar surface area (TPSA) is 33.7 Å². The van der Waals surface area contributed by atoms with Crippen molar-refractivity contribution >= 4 is 27.5 Å². The van der Waals surface area contributed by atoms with Crippen LogP contribution < -0.4 is 14.8 Å². The molecule has 0 radical (unpaired) electrons. The Kier molecular flexibility index (Phi) is 10.1. The van der Waals surface area contributed by atoms with Crippen LogP contribution in [0.3, 0.4) is 0 Å². The van der Waals surface area contributed by atoms with Gasteiger partial charge in [0.15, 0.2) is 11.5 Å². The van der Waals surface area contributed by atoms with Crippen LogP contribution in [0.1, 0.15) is 31.4 Å². The van der Waals surface area contributed by atoms with Gasteiger partial charge in [0, 0.05) is 21.6 Å². The van der Waals surface area contributed by atoms with Gasteiger partial charge in [-0.05, 0) is 56.4 Å². The van der Waals surface area contributed by atoms with E-state index in [-0.39, 0.29) is 0 Å². The molecule has 0 amide bonds. The minimum absolute atomic E-state index is 0.394. The zero-order valence-corrected chi connectivity index (χ0v) is 19.3. The molecule has 0 atom stereocenters. The lowest BCUT2D eigenvalue weighted by Gasteiger charge is -2.18. The monoisotopic (exact) mass is 468 g/mol. The third-order valence-corrected chi connectivity index (χ3v) is 5.82. The number of hydrogen-bond acceptors (Lipinski definition) is 4. The molecule has 0 aliphatic carbocycles. The van der Waals surface area contributed by atoms with Crippen molar-refractivity contribution in [3.63, 3.8) is 0 Å². The highest BCUT2D eigenvalue weighted by Gasteiger charge is 2.11. The first-order valence-electron chi connectivity index (χ1n) is 9.74. The summed E-state index contributed by atoms with van der Waals surface area (Å²) in [6.45, 7) is 9.90. The first-order valence-corrected chi connectivity index (χ1v) is 10.9. The van der Waals surface area contributed by atoms with Gasteiger partial charge in [-0.25, -0.2) is 0 Å². The zero-order chi connectivity index (χ0) is 20.4. The Labute approximate surface area is 182 Å². The van der Waals surface area contributed by atoms with Gasteiger partial charge in [0.2, 0.25) is 0 Å². The molecule has 0 saturated carbocycles. The minimum Gasteiger partial charge on any atom is -0.493 e. The number of methoxy groups -OCH3 is 1. The van der Waals surface area contributed by atoms with Crippen LogP contribution in [0.25, 0.3) is 0 Å². The average Bonchev–Trinajstić information content (AvgIpc) is 2.71. The predicted octanol–water partition coefficient (Wildman–Crippen LogP) is 5.51. The van der Waals surface area contributed by atoms with Gasteiger partial charge in [0.25, 0.3) is 0 Å². The maximum Gasteiger partial charge on any atom is 0.162 e. The molecule has 28 heavy (non-hydrogen) atoms. The van der Waals surface area contributed by atoms with E-state index in [1.54, 1.807) is 7.11 Å². The van der Waals surface area contributed by atoms with Gasteiger partial charge in [0.1, 0.15) is 6.61 Å². The van der Waals surface area contributed by atoms with E-state index in [9.17, 15) is 0 Å². The van der Waals surface area contributed by atoms with Crippen molar-refractivity contribution in [2.75, 3.05) is 33.3 Å². The Balaban J connectivity index is 1.92. The highest BCUT2D eigenvalue weighted by atomic mass is 79.9. The van der Waals surface area contributed by atoms with Crippen LogP contribution in [0.2, 0.25) is 5.02 Å². The maximum atomic E-state index is 6.21. The van der Waals surface area contributed by atoms with Gasteiger partial charge < -0.3 is 19.7 Å². The van der Waals surface area contributed by atoms with Crippen molar-refractivity contribution in [3.8, 4) is 11.5 Å². The van der Waals surface area contributed by atoms with Crippen LogP contribution in [0.15, 0.2) is 40.9 Å². The van der Waals surface area contributed by atoms with Crippen LogP contribution in [-0.2, 0) is 13.2 Å². The van der Waals surface area contributed by atoms with E-state index in [1.165, 1.54) is 0 Å². The lowest BCUT2D eigenvalue weighted by atomic mass is 10.2. The number of ether oxygens (including phenoxy) is 2. The maximum absolute atomic E-state index is 6.21. The Hall–Kier alpha value is -1.27. The van der Waals surface area contributed by atoms with Crippen molar-refractivity contribution < 1.29 is 9.47 Å². The summed E-state index contributed by atoms with van der Waals surface area (Å²) in [4.78, 5) is 2.44. The van der Waals surface area contributed by atoms with Crippen LogP contribution in [-0.4, -0.2) is 38.2 Å². The van der Waals surface area contributed by atoms with E-state index >= 15 is 0 Å². The lowest BCUT2D eigenvalue weighted by molar-refractivity contribution is 0.284. The van der Waals surface area contributed by atoms with E-state index in [0.29, 0.717) is 17.4 Å². The molecule has 154 valence electrons. The number of hydrogen-bond donors (Lipinski definition) is 1.